The normalized spacial score (nSPS) is 12.3. The zero-order valence-electron chi connectivity index (χ0n) is 14.7. The Labute approximate surface area is 157 Å². The van der Waals surface area contributed by atoms with Crippen LogP contribution in [0.4, 0.5) is 5.69 Å². The van der Waals surface area contributed by atoms with E-state index < -0.39 is 0 Å². The largest absolute Gasteiger partial charge is 0.486 e. The molecule has 0 fully saturated rings. The number of ether oxygens (including phenoxy) is 3. The van der Waals surface area contributed by atoms with Crippen molar-refractivity contribution in [2.24, 2.45) is 0 Å². The number of nitrogens with one attached hydrogen (secondary N) is 1. The van der Waals surface area contributed by atoms with E-state index >= 15 is 0 Å². The van der Waals surface area contributed by atoms with Crippen LogP contribution in [0.5, 0.6) is 23.0 Å². The molecule has 0 saturated carbocycles. The van der Waals surface area contributed by atoms with E-state index in [1.807, 2.05) is 66.7 Å². The predicted molar refractivity (Wildman–Crippen MR) is 103 cm³/mol. The monoisotopic (exact) mass is 361 g/mol. The Morgan fingerprint density at radius 3 is 2.48 bits per heavy atom. The quantitative estimate of drug-likeness (QED) is 0.730. The average Bonchev–Trinajstić information content (AvgIpc) is 2.69. The van der Waals surface area contributed by atoms with E-state index in [1.54, 1.807) is 6.07 Å². The SMILES string of the molecule is O=C(Cc1ccc2c(c1)OCCO2)Nc1cccc(Oc2ccccc2)c1. The van der Waals surface area contributed by atoms with Crippen LogP contribution in [0.1, 0.15) is 5.56 Å². The van der Waals surface area contributed by atoms with Crippen molar-refractivity contribution in [3.63, 3.8) is 0 Å². The van der Waals surface area contributed by atoms with Crippen LogP contribution >= 0.6 is 0 Å². The van der Waals surface area contributed by atoms with Gasteiger partial charge in [-0.3, -0.25) is 4.79 Å². The minimum absolute atomic E-state index is 0.108. The highest BCUT2D eigenvalue weighted by Crippen LogP contribution is 2.31. The van der Waals surface area contributed by atoms with Crippen LogP contribution in [0, 0.1) is 0 Å². The second-order valence-corrected chi connectivity index (χ2v) is 6.15. The summed E-state index contributed by atoms with van der Waals surface area (Å²) in [6.45, 7) is 1.07. The molecule has 0 aromatic heterocycles. The molecule has 1 heterocycles. The Balaban J connectivity index is 1.40. The molecule has 3 aromatic rings. The summed E-state index contributed by atoms with van der Waals surface area (Å²) in [7, 11) is 0. The molecule has 5 heteroatoms. The molecule has 5 nitrogen and oxygen atoms in total. The number of anilines is 1. The molecule has 27 heavy (non-hydrogen) atoms. The first-order valence-electron chi connectivity index (χ1n) is 8.78. The maximum Gasteiger partial charge on any atom is 0.228 e. The van der Waals surface area contributed by atoms with E-state index in [-0.39, 0.29) is 12.3 Å². The second kappa shape index (κ2) is 7.83. The van der Waals surface area contributed by atoms with Crippen molar-refractivity contribution in [1.82, 2.24) is 0 Å². The number of para-hydroxylation sites is 1. The van der Waals surface area contributed by atoms with Gasteiger partial charge in [0.15, 0.2) is 11.5 Å². The molecular formula is C22H19NO4. The fourth-order valence-corrected chi connectivity index (χ4v) is 2.85. The summed E-state index contributed by atoms with van der Waals surface area (Å²) in [6.07, 6.45) is 0.250. The Bertz CT molecular complexity index is 940. The molecule has 1 amide bonds. The van der Waals surface area contributed by atoms with Gasteiger partial charge in [-0.1, -0.05) is 30.3 Å². The lowest BCUT2D eigenvalue weighted by atomic mass is 10.1. The van der Waals surface area contributed by atoms with Crippen LogP contribution in [-0.4, -0.2) is 19.1 Å². The number of carbonyl (C=O) groups is 1. The van der Waals surface area contributed by atoms with Crippen molar-refractivity contribution in [3.8, 4) is 23.0 Å². The van der Waals surface area contributed by atoms with Gasteiger partial charge < -0.3 is 19.5 Å². The number of hydrogen-bond donors (Lipinski definition) is 1. The summed E-state index contributed by atoms with van der Waals surface area (Å²) in [4.78, 5) is 12.4. The third kappa shape index (κ3) is 4.39. The van der Waals surface area contributed by atoms with Gasteiger partial charge in [-0.25, -0.2) is 0 Å². The van der Waals surface area contributed by atoms with Crippen molar-refractivity contribution in [2.45, 2.75) is 6.42 Å². The van der Waals surface area contributed by atoms with Crippen LogP contribution in [0.15, 0.2) is 72.8 Å². The van der Waals surface area contributed by atoms with Crippen molar-refractivity contribution in [1.29, 1.82) is 0 Å². The average molecular weight is 361 g/mol. The predicted octanol–water partition coefficient (Wildman–Crippen LogP) is 4.43. The van der Waals surface area contributed by atoms with E-state index in [1.165, 1.54) is 0 Å². The van der Waals surface area contributed by atoms with E-state index in [0.29, 0.717) is 30.4 Å². The van der Waals surface area contributed by atoms with Gasteiger partial charge in [0.05, 0.1) is 6.42 Å². The molecular weight excluding hydrogens is 342 g/mol. The number of hydrogen-bond acceptors (Lipinski definition) is 4. The molecule has 0 spiro atoms. The highest BCUT2D eigenvalue weighted by atomic mass is 16.6. The van der Waals surface area contributed by atoms with Crippen molar-refractivity contribution < 1.29 is 19.0 Å². The Kier molecular flexibility index (Phi) is 4.92. The molecule has 1 aliphatic heterocycles. The molecule has 3 aromatic carbocycles. The van der Waals surface area contributed by atoms with E-state index in [4.69, 9.17) is 14.2 Å². The Morgan fingerprint density at radius 1 is 0.852 bits per heavy atom. The van der Waals surface area contributed by atoms with Crippen LogP contribution < -0.4 is 19.5 Å². The molecule has 0 bridgehead atoms. The van der Waals surface area contributed by atoms with Gasteiger partial charge in [-0.05, 0) is 42.0 Å². The van der Waals surface area contributed by atoms with Crippen LogP contribution in [0.25, 0.3) is 0 Å². The summed E-state index contributed by atoms with van der Waals surface area (Å²) in [5.74, 6) is 2.71. The summed E-state index contributed by atoms with van der Waals surface area (Å²) in [5.41, 5.74) is 1.56. The first kappa shape index (κ1) is 17.0. The zero-order chi connectivity index (χ0) is 18.5. The summed E-state index contributed by atoms with van der Waals surface area (Å²) >= 11 is 0. The first-order chi connectivity index (χ1) is 13.3. The molecule has 0 unspecified atom stereocenters. The lowest BCUT2D eigenvalue weighted by molar-refractivity contribution is -0.115. The molecule has 0 saturated heterocycles. The molecule has 4 rings (SSSR count). The van der Waals surface area contributed by atoms with Gasteiger partial charge in [0.25, 0.3) is 0 Å². The third-order valence-corrected chi connectivity index (χ3v) is 4.07. The van der Waals surface area contributed by atoms with Gasteiger partial charge in [0.1, 0.15) is 24.7 Å². The van der Waals surface area contributed by atoms with Gasteiger partial charge >= 0.3 is 0 Å². The van der Waals surface area contributed by atoms with Gasteiger partial charge in [-0.15, -0.1) is 0 Å². The molecule has 1 N–H and O–H groups in total. The number of carbonyl (C=O) groups excluding carboxylic acids is 1. The lowest BCUT2D eigenvalue weighted by Gasteiger charge is -2.18. The van der Waals surface area contributed by atoms with Crippen LogP contribution in [0.3, 0.4) is 0 Å². The fourth-order valence-electron chi connectivity index (χ4n) is 2.85. The number of rotatable bonds is 5. The van der Waals surface area contributed by atoms with Crippen LogP contribution in [-0.2, 0) is 11.2 Å². The Hall–Kier alpha value is -3.47. The third-order valence-electron chi connectivity index (χ3n) is 4.07. The Morgan fingerprint density at radius 2 is 1.63 bits per heavy atom. The van der Waals surface area contributed by atoms with E-state index in [2.05, 4.69) is 5.32 Å². The maximum atomic E-state index is 12.4. The zero-order valence-corrected chi connectivity index (χ0v) is 14.7. The molecule has 0 aliphatic carbocycles. The van der Waals surface area contributed by atoms with Gasteiger partial charge in [-0.2, -0.15) is 0 Å². The van der Waals surface area contributed by atoms with Crippen molar-refractivity contribution >= 4 is 11.6 Å². The number of benzene rings is 3. The summed E-state index contributed by atoms with van der Waals surface area (Å²) < 4.78 is 16.9. The number of amides is 1. The highest BCUT2D eigenvalue weighted by Gasteiger charge is 2.13. The van der Waals surface area contributed by atoms with Gasteiger partial charge in [0.2, 0.25) is 5.91 Å². The highest BCUT2D eigenvalue weighted by molar-refractivity contribution is 5.92. The maximum absolute atomic E-state index is 12.4. The van der Waals surface area contributed by atoms with Crippen LogP contribution in [0.2, 0.25) is 0 Å². The number of fused-ring (bicyclic) bond motifs is 1. The summed E-state index contributed by atoms with van der Waals surface area (Å²) in [6, 6.07) is 22.4. The van der Waals surface area contributed by atoms with Crippen molar-refractivity contribution in [2.75, 3.05) is 18.5 Å². The lowest BCUT2D eigenvalue weighted by Crippen LogP contribution is -2.17. The van der Waals surface area contributed by atoms with E-state index in [0.717, 1.165) is 17.1 Å². The topological polar surface area (TPSA) is 56.8 Å². The smallest absolute Gasteiger partial charge is 0.228 e. The minimum Gasteiger partial charge on any atom is -0.486 e. The summed E-state index contributed by atoms with van der Waals surface area (Å²) in [5, 5.41) is 2.91. The second-order valence-electron chi connectivity index (χ2n) is 6.15. The molecule has 0 atom stereocenters. The molecule has 1 aliphatic rings. The minimum atomic E-state index is -0.108. The molecule has 136 valence electrons. The van der Waals surface area contributed by atoms with E-state index in [9.17, 15) is 4.79 Å². The fraction of sp³-hybridized carbons (Fsp3) is 0.136. The van der Waals surface area contributed by atoms with Gasteiger partial charge in [0, 0.05) is 11.8 Å². The first-order valence-corrected chi connectivity index (χ1v) is 8.78. The van der Waals surface area contributed by atoms with Crippen molar-refractivity contribution in [3.05, 3.63) is 78.4 Å². The standard InChI is InChI=1S/C22H19NO4/c24-22(14-16-9-10-20-21(13-16)26-12-11-25-20)23-17-5-4-8-19(15-17)27-18-6-2-1-3-7-18/h1-10,13,15H,11-12,14H2,(H,23,24). The molecule has 0 radical (unpaired) electrons.